The number of hydrogen-bond acceptors (Lipinski definition) is 4. The van der Waals surface area contributed by atoms with Gasteiger partial charge in [-0.05, 0) is 32.9 Å². The van der Waals surface area contributed by atoms with Crippen molar-refractivity contribution < 1.29 is 4.74 Å². The highest BCUT2D eigenvalue weighted by Gasteiger charge is 2.18. The Morgan fingerprint density at radius 1 is 1.30 bits per heavy atom. The van der Waals surface area contributed by atoms with Gasteiger partial charge in [0.05, 0.1) is 18.4 Å². The van der Waals surface area contributed by atoms with E-state index in [1.54, 1.807) is 18.9 Å². The van der Waals surface area contributed by atoms with Gasteiger partial charge in [0.2, 0.25) is 0 Å². The van der Waals surface area contributed by atoms with Crippen molar-refractivity contribution in [3.63, 3.8) is 0 Å². The Bertz CT molecular complexity index is 523. The summed E-state index contributed by atoms with van der Waals surface area (Å²) in [4.78, 5) is 4.57. The van der Waals surface area contributed by atoms with Crippen LogP contribution in [-0.2, 0) is 0 Å². The van der Waals surface area contributed by atoms with Crippen LogP contribution in [0.15, 0.2) is 34.4 Å². The van der Waals surface area contributed by atoms with Crippen molar-refractivity contribution in [2.45, 2.75) is 26.3 Å². The van der Waals surface area contributed by atoms with Gasteiger partial charge >= 0.3 is 0 Å². The van der Waals surface area contributed by atoms with Crippen molar-refractivity contribution in [3.05, 3.63) is 29.8 Å². The average molecular weight is 314 g/mol. The summed E-state index contributed by atoms with van der Waals surface area (Å²) in [5.74, 6) is 1.64. The monoisotopic (exact) mass is 313 g/mol. The molecule has 0 saturated carbocycles. The molecular formula is C14H20ClN3OS. The van der Waals surface area contributed by atoms with Gasteiger partial charge in [0.15, 0.2) is 5.17 Å². The molecule has 0 aliphatic carbocycles. The predicted octanol–water partition coefficient (Wildman–Crippen LogP) is 3.31. The van der Waals surface area contributed by atoms with E-state index in [0.717, 1.165) is 27.9 Å². The standard InChI is InChI=1S/C14H19N3OS.ClH/c1-14(2,3)15-13-17-16-11(9-19-13)10-7-5-6-8-12(10)18-4;/h5-8H,9H2,1-4H3,(H,15,17);1H. The zero-order chi connectivity index (χ0) is 13.9. The molecule has 0 atom stereocenters. The number of nitrogens with one attached hydrogen (secondary N) is 1. The van der Waals surface area contributed by atoms with Gasteiger partial charge in [-0.3, -0.25) is 10.4 Å². The second-order valence-corrected chi connectivity index (χ2v) is 6.21. The molecule has 2 rings (SSSR count). The fraction of sp³-hybridized carbons (Fsp3) is 0.429. The molecule has 0 radical (unpaired) electrons. The molecule has 110 valence electrons. The summed E-state index contributed by atoms with van der Waals surface area (Å²) in [6, 6.07) is 7.91. The van der Waals surface area contributed by atoms with Crippen LogP contribution in [0.25, 0.3) is 0 Å². The summed E-state index contributed by atoms with van der Waals surface area (Å²) in [6.07, 6.45) is 0. The first-order valence-electron chi connectivity index (χ1n) is 6.18. The fourth-order valence-corrected chi connectivity index (χ4v) is 2.64. The van der Waals surface area contributed by atoms with Crippen LogP contribution in [0.4, 0.5) is 0 Å². The minimum Gasteiger partial charge on any atom is -0.496 e. The Morgan fingerprint density at radius 2 is 2.00 bits per heavy atom. The lowest BCUT2D eigenvalue weighted by Gasteiger charge is -2.20. The van der Waals surface area contributed by atoms with Gasteiger partial charge in [0, 0.05) is 11.3 Å². The number of aliphatic imine (C=N–C) groups is 1. The molecule has 0 spiro atoms. The number of nitrogens with zero attached hydrogens (tertiary/aromatic N) is 2. The maximum atomic E-state index is 5.36. The lowest BCUT2D eigenvalue weighted by molar-refractivity contribution is 0.414. The Kier molecular flexibility index (Phi) is 5.89. The van der Waals surface area contributed by atoms with E-state index >= 15 is 0 Å². The molecular weight excluding hydrogens is 294 g/mol. The number of benzene rings is 1. The van der Waals surface area contributed by atoms with Crippen LogP contribution >= 0.6 is 24.2 Å². The fourth-order valence-electron chi connectivity index (χ4n) is 1.70. The SMILES string of the molecule is COc1ccccc1C1=NNC(=NC(C)(C)C)SC1.Cl. The maximum Gasteiger partial charge on any atom is 0.178 e. The van der Waals surface area contributed by atoms with E-state index in [4.69, 9.17) is 4.74 Å². The topological polar surface area (TPSA) is 46.0 Å². The molecule has 0 fully saturated rings. The second-order valence-electron chi connectivity index (χ2n) is 5.25. The van der Waals surface area contributed by atoms with Crippen molar-refractivity contribution in [2.24, 2.45) is 10.1 Å². The van der Waals surface area contributed by atoms with Crippen LogP contribution < -0.4 is 10.2 Å². The number of methoxy groups -OCH3 is 1. The van der Waals surface area contributed by atoms with Crippen molar-refractivity contribution >= 4 is 35.0 Å². The lowest BCUT2D eigenvalue weighted by atomic mass is 10.1. The number of thioether (sulfide) groups is 1. The molecule has 0 bridgehead atoms. The average Bonchev–Trinajstić information content (AvgIpc) is 2.38. The van der Waals surface area contributed by atoms with Crippen molar-refractivity contribution in [1.82, 2.24) is 5.43 Å². The Labute approximate surface area is 130 Å². The molecule has 1 aliphatic rings. The van der Waals surface area contributed by atoms with Crippen LogP contribution in [0.5, 0.6) is 5.75 Å². The van der Waals surface area contributed by atoms with E-state index in [1.807, 2.05) is 24.3 Å². The highest BCUT2D eigenvalue weighted by molar-refractivity contribution is 8.14. The molecule has 1 heterocycles. The first-order valence-corrected chi connectivity index (χ1v) is 7.17. The van der Waals surface area contributed by atoms with Gasteiger partial charge in [-0.15, -0.1) is 12.4 Å². The minimum absolute atomic E-state index is 0. The van der Waals surface area contributed by atoms with E-state index in [1.165, 1.54) is 0 Å². The molecule has 20 heavy (non-hydrogen) atoms. The van der Waals surface area contributed by atoms with Crippen LogP contribution in [0.2, 0.25) is 0 Å². The van der Waals surface area contributed by atoms with Crippen LogP contribution in [0, 0.1) is 0 Å². The van der Waals surface area contributed by atoms with E-state index in [0.29, 0.717) is 0 Å². The number of rotatable bonds is 2. The first-order chi connectivity index (χ1) is 8.99. The van der Waals surface area contributed by atoms with Crippen molar-refractivity contribution in [3.8, 4) is 5.75 Å². The maximum absolute atomic E-state index is 5.36. The third-order valence-electron chi connectivity index (χ3n) is 2.49. The van der Waals surface area contributed by atoms with Crippen LogP contribution in [0.1, 0.15) is 26.3 Å². The molecule has 4 nitrogen and oxygen atoms in total. The van der Waals surface area contributed by atoms with Crippen LogP contribution in [0.3, 0.4) is 0 Å². The lowest BCUT2D eigenvalue weighted by Crippen LogP contribution is -2.28. The summed E-state index contributed by atoms with van der Waals surface area (Å²) in [5, 5.41) is 5.28. The van der Waals surface area contributed by atoms with Crippen molar-refractivity contribution in [1.29, 1.82) is 0 Å². The van der Waals surface area contributed by atoms with Gasteiger partial charge in [-0.2, -0.15) is 5.10 Å². The van der Waals surface area contributed by atoms with Gasteiger partial charge in [-0.25, -0.2) is 0 Å². The molecule has 0 amide bonds. The molecule has 0 unspecified atom stereocenters. The number of ether oxygens (including phenoxy) is 1. The normalized spacial score (nSPS) is 17.0. The Balaban J connectivity index is 0.00000200. The minimum atomic E-state index is -0.0905. The van der Waals surface area contributed by atoms with Gasteiger partial charge in [0.25, 0.3) is 0 Å². The van der Waals surface area contributed by atoms with Gasteiger partial charge in [0.1, 0.15) is 5.75 Å². The molecule has 0 aromatic heterocycles. The summed E-state index contributed by atoms with van der Waals surface area (Å²) >= 11 is 1.66. The van der Waals surface area contributed by atoms with Gasteiger partial charge in [-0.1, -0.05) is 23.9 Å². The molecule has 1 aliphatic heterocycles. The first kappa shape index (κ1) is 16.9. The number of hydrazone groups is 1. The highest BCUT2D eigenvalue weighted by atomic mass is 35.5. The van der Waals surface area contributed by atoms with E-state index in [2.05, 4.69) is 36.3 Å². The second kappa shape index (κ2) is 6.99. The smallest absolute Gasteiger partial charge is 0.178 e. The van der Waals surface area contributed by atoms with E-state index in [9.17, 15) is 0 Å². The number of para-hydroxylation sites is 1. The van der Waals surface area contributed by atoms with E-state index < -0.39 is 0 Å². The molecule has 1 N–H and O–H groups in total. The number of hydrogen-bond donors (Lipinski definition) is 1. The van der Waals surface area contributed by atoms with Crippen LogP contribution in [-0.4, -0.2) is 29.3 Å². The molecule has 0 saturated heterocycles. The quantitative estimate of drug-likeness (QED) is 0.911. The molecule has 1 aromatic rings. The zero-order valence-corrected chi connectivity index (χ0v) is 13.8. The highest BCUT2D eigenvalue weighted by Crippen LogP contribution is 2.23. The third-order valence-corrected chi connectivity index (χ3v) is 3.36. The summed E-state index contributed by atoms with van der Waals surface area (Å²) in [7, 11) is 1.68. The predicted molar refractivity (Wildman–Crippen MR) is 89.6 cm³/mol. The Morgan fingerprint density at radius 3 is 2.55 bits per heavy atom. The summed E-state index contributed by atoms with van der Waals surface area (Å²) in [6.45, 7) is 6.21. The third kappa shape index (κ3) is 4.42. The summed E-state index contributed by atoms with van der Waals surface area (Å²) < 4.78 is 5.36. The number of amidine groups is 1. The molecule has 1 aromatic carbocycles. The summed E-state index contributed by atoms with van der Waals surface area (Å²) in [5.41, 5.74) is 4.94. The zero-order valence-electron chi connectivity index (χ0n) is 12.1. The number of halogens is 1. The van der Waals surface area contributed by atoms with Crippen molar-refractivity contribution in [2.75, 3.05) is 12.9 Å². The largest absolute Gasteiger partial charge is 0.496 e. The van der Waals surface area contributed by atoms with E-state index in [-0.39, 0.29) is 17.9 Å². The Hall–Kier alpha value is -1.20. The molecule has 6 heteroatoms. The van der Waals surface area contributed by atoms with Gasteiger partial charge < -0.3 is 4.74 Å².